The summed E-state index contributed by atoms with van der Waals surface area (Å²) in [6, 6.07) is 6.70. The lowest BCUT2D eigenvalue weighted by Crippen LogP contribution is -2.17. The molecule has 2 amide bonds. The molecule has 0 unspecified atom stereocenters. The molecule has 28 heavy (non-hydrogen) atoms. The van der Waals surface area contributed by atoms with Gasteiger partial charge in [-0.1, -0.05) is 6.07 Å². The third-order valence-corrected chi connectivity index (χ3v) is 4.26. The molecule has 0 radical (unpaired) electrons. The van der Waals surface area contributed by atoms with Crippen molar-refractivity contribution in [1.29, 1.82) is 0 Å². The number of anilines is 1. The lowest BCUT2D eigenvalue weighted by Gasteiger charge is -2.13. The van der Waals surface area contributed by atoms with Gasteiger partial charge in [-0.05, 0) is 24.3 Å². The predicted octanol–water partition coefficient (Wildman–Crippen LogP) is 2.18. The molecule has 9 heteroatoms. The molecule has 0 aliphatic carbocycles. The Balaban J connectivity index is 1.79. The van der Waals surface area contributed by atoms with Crippen LogP contribution in [0.2, 0.25) is 0 Å². The second-order valence-corrected chi connectivity index (χ2v) is 5.97. The second-order valence-electron chi connectivity index (χ2n) is 5.97. The zero-order valence-electron chi connectivity index (χ0n) is 15.1. The van der Waals surface area contributed by atoms with Gasteiger partial charge in [-0.3, -0.25) is 9.59 Å². The van der Waals surface area contributed by atoms with Crippen LogP contribution >= 0.6 is 0 Å². The molecular weight excluding hydrogens is 371 g/mol. The largest absolute Gasteiger partial charge is 0.493 e. The van der Waals surface area contributed by atoms with E-state index in [1.807, 2.05) is 0 Å². The Kier molecular flexibility index (Phi) is 5.16. The third kappa shape index (κ3) is 3.46. The van der Waals surface area contributed by atoms with Gasteiger partial charge >= 0.3 is 5.97 Å². The number of esters is 1. The number of cyclic esters (lactones) is 1. The topological polar surface area (TPSA) is 117 Å². The van der Waals surface area contributed by atoms with E-state index in [4.69, 9.17) is 19.9 Å². The number of carbonyl (C=O) groups is 3. The highest BCUT2D eigenvalue weighted by atomic mass is 19.1. The maximum absolute atomic E-state index is 13.5. The van der Waals surface area contributed by atoms with E-state index in [1.165, 1.54) is 20.3 Å². The first-order chi connectivity index (χ1) is 13.3. The van der Waals surface area contributed by atoms with E-state index in [0.29, 0.717) is 11.3 Å². The lowest BCUT2D eigenvalue weighted by molar-refractivity contribution is -0.118. The normalized spacial score (nSPS) is 14.8. The van der Waals surface area contributed by atoms with Gasteiger partial charge in [-0.2, -0.15) is 0 Å². The van der Waals surface area contributed by atoms with Crippen LogP contribution in [0.4, 0.5) is 10.1 Å². The highest BCUT2D eigenvalue weighted by Gasteiger charge is 2.36. The van der Waals surface area contributed by atoms with Crippen molar-refractivity contribution < 1.29 is 33.0 Å². The van der Waals surface area contributed by atoms with Crippen LogP contribution in [0.25, 0.3) is 0 Å². The summed E-state index contributed by atoms with van der Waals surface area (Å²) in [4.78, 5) is 35.8. The Morgan fingerprint density at radius 1 is 1.21 bits per heavy atom. The zero-order valence-corrected chi connectivity index (χ0v) is 15.1. The van der Waals surface area contributed by atoms with E-state index in [1.54, 1.807) is 12.1 Å². The van der Waals surface area contributed by atoms with E-state index >= 15 is 0 Å². The van der Waals surface area contributed by atoms with Crippen LogP contribution in [0.1, 0.15) is 38.8 Å². The van der Waals surface area contributed by atoms with E-state index in [2.05, 4.69) is 5.32 Å². The fourth-order valence-electron chi connectivity index (χ4n) is 3.00. The maximum Gasteiger partial charge on any atom is 0.343 e. The van der Waals surface area contributed by atoms with Gasteiger partial charge < -0.3 is 25.3 Å². The molecule has 3 rings (SSSR count). The number of carbonyl (C=O) groups excluding carboxylic acids is 3. The molecule has 1 atom stereocenters. The van der Waals surface area contributed by atoms with Crippen LogP contribution in [0.5, 0.6) is 11.5 Å². The molecule has 0 spiro atoms. The average Bonchev–Trinajstić information content (AvgIpc) is 2.97. The monoisotopic (exact) mass is 388 g/mol. The van der Waals surface area contributed by atoms with Gasteiger partial charge in [0, 0.05) is 11.3 Å². The van der Waals surface area contributed by atoms with Crippen molar-refractivity contribution in [2.75, 3.05) is 19.5 Å². The highest BCUT2D eigenvalue weighted by Crippen LogP contribution is 2.43. The van der Waals surface area contributed by atoms with Gasteiger partial charge in [-0.25, -0.2) is 9.18 Å². The van der Waals surface area contributed by atoms with Crippen LogP contribution in [-0.4, -0.2) is 32.0 Å². The molecule has 1 aliphatic heterocycles. The van der Waals surface area contributed by atoms with Crippen LogP contribution < -0.4 is 20.5 Å². The number of nitrogens with one attached hydrogen (secondary N) is 1. The van der Waals surface area contributed by atoms with Crippen LogP contribution in [0.15, 0.2) is 30.3 Å². The van der Waals surface area contributed by atoms with Crippen molar-refractivity contribution in [3.8, 4) is 11.5 Å². The highest BCUT2D eigenvalue weighted by molar-refractivity contribution is 6.00. The fourth-order valence-corrected chi connectivity index (χ4v) is 3.00. The number of rotatable bonds is 6. The number of hydrogen-bond acceptors (Lipinski definition) is 6. The number of methoxy groups -OCH3 is 2. The van der Waals surface area contributed by atoms with Gasteiger partial charge in [-0.15, -0.1) is 0 Å². The van der Waals surface area contributed by atoms with Crippen molar-refractivity contribution in [2.24, 2.45) is 5.73 Å². The predicted molar refractivity (Wildman–Crippen MR) is 95.9 cm³/mol. The maximum atomic E-state index is 13.5. The first-order valence-corrected chi connectivity index (χ1v) is 8.20. The summed E-state index contributed by atoms with van der Waals surface area (Å²) in [6.45, 7) is 0. The summed E-state index contributed by atoms with van der Waals surface area (Å²) in [7, 11) is 2.84. The minimum absolute atomic E-state index is 0.183. The van der Waals surface area contributed by atoms with Gasteiger partial charge in [0.25, 0.3) is 5.91 Å². The standard InChI is InChI=1S/C19H17FN2O6/c1-26-13-6-4-10-14(28-19(25)16(10)17(13)27-2)8-15(23)22-9-3-5-12(20)11(7-9)18(21)24/h3-7,14H,8H2,1-2H3,(H2,21,24)(H,22,23)/t14-/m0/s1. The van der Waals surface area contributed by atoms with Crippen molar-refractivity contribution in [2.45, 2.75) is 12.5 Å². The summed E-state index contributed by atoms with van der Waals surface area (Å²) < 4.78 is 29.2. The molecule has 1 heterocycles. The molecule has 1 aliphatic rings. The summed E-state index contributed by atoms with van der Waals surface area (Å²) in [5, 5.41) is 2.53. The summed E-state index contributed by atoms with van der Waals surface area (Å²) in [5.41, 5.74) is 5.65. The zero-order chi connectivity index (χ0) is 20.4. The van der Waals surface area contributed by atoms with Gasteiger partial charge in [0.15, 0.2) is 11.5 Å². The van der Waals surface area contributed by atoms with Crippen molar-refractivity contribution in [1.82, 2.24) is 0 Å². The van der Waals surface area contributed by atoms with Crippen molar-refractivity contribution in [3.05, 3.63) is 52.8 Å². The van der Waals surface area contributed by atoms with E-state index in [9.17, 15) is 18.8 Å². The minimum atomic E-state index is -0.951. The molecule has 146 valence electrons. The summed E-state index contributed by atoms with van der Waals surface area (Å²) >= 11 is 0. The Labute approximate surface area is 159 Å². The van der Waals surface area contributed by atoms with Gasteiger partial charge in [0.2, 0.25) is 5.91 Å². The van der Waals surface area contributed by atoms with Crippen LogP contribution in [-0.2, 0) is 9.53 Å². The number of ether oxygens (including phenoxy) is 3. The van der Waals surface area contributed by atoms with E-state index < -0.39 is 29.7 Å². The Bertz CT molecular complexity index is 975. The number of primary amides is 1. The van der Waals surface area contributed by atoms with Crippen molar-refractivity contribution >= 4 is 23.5 Å². The lowest BCUT2D eigenvalue weighted by atomic mass is 10.0. The Morgan fingerprint density at radius 2 is 1.96 bits per heavy atom. The average molecular weight is 388 g/mol. The molecule has 0 aromatic heterocycles. The Morgan fingerprint density at radius 3 is 2.61 bits per heavy atom. The Hall–Kier alpha value is -3.62. The minimum Gasteiger partial charge on any atom is -0.493 e. The smallest absolute Gasteiger partial charge is 0.343 e. The van der Waals surface area contributed by atoms with E-state index in [0.717, 1.165) is 12.1 Å². The SMILES string of the molecule is COc1ccc2c(c1OC)C(=O)O[C@H]2CC(=O)Nc1ccc(F)c(C(N)=O)c1. The first kappa shape index (κ1) is 19.2. The summed E-state index contributed by atoms with van der Waals surface area (Å²) in [6.07, 6.45) is -1.00. The van der Waals surface area contributed by atoms with Gasteiger partial charge in [0.05, 0.1) is 26.2 Å². The molecule has 0 fully saturated rings. The number of halogens is 1. The molecular formula is C19H17FN2O6. The third-order valence-electron chi connectivity index (χ3n) is 4.26. The molecule has 8 nitrogen and oxygen atoms in total. The number of amides is 2. The van der Waals surface area contributed by atoms with E-state index in [-0.39, 0.29) is 29.0 Å². The number of fused-ring (bicyclic) bond motifs is 1. The van der Waals surface area contributed by atoms with Crippen LogP contribution in [0.3, 0.4) is 0 Å². The molecule has 0 saturated carbocycles. The van der Waals surface area contributed by atoms with Crippen molar-refractivity contribution in [3.63, 3.8) is 0 Å². The molecule has 2 aromatic carbocycles. The fraction of sp³-hybridized carbons (Fsp3) is 0.211. The quantitative estimate of drug-likeness (QED) is 0.733. The molecule has 0 bridgehead atoms. The summed E-state index contributed by atoms with van der Waals surface area (Å²) in [5.74, 6) is -2.26. The molecule has 0 saturated heterocycles. The first-order valence-electron chi connectivity index (χ1n) is 8.20. The number of hydrogen-bond donors (Lipinski definition) is 2. The van der Waals surface area contributed by atoms with Gasteiger partial charge in [0.1, 0.15) is 17.5 Å². The molecule has 3 N–H and O–H groups in total. The number of benzene rings is 2. The molecule has 2 aromatic rings. The van der Waals surface area contributed by atoms with Crippen LogP contribution in [0, 0.1) is 5.82 Å². The second kappa shape index (κ2) is 7.55. The number of nitrogens with two attached hydrogens (primary N) is 1.